The zero-order valence-corrected chi connectivity index (χ0v) is 90.3. The maximum Gasteiger partial charge on any atom is 0.499 e. The van der Waals surface area contributed by atoms with Gasteiger partial charge in [-0.2, -0.15) is 11.3 Å². The second kappa shape index (κ2) is 52.2. The lowest BCUT2D eigenvalue weighted by Gasteiger charge is -2.18. The van der Waals surface area contributed by atoms with Crippen molar-refractivity contribution in [1.29, 1.82) is 0 Å². The predicted octanol–water partition coefficient (Wildman–Crippen LogP) is 28.7. The molecule has 0 fully saturated rings. The van der Waals surface area contributed by atoms with Crippen LogP contribution in [0.5, 0.6) is 0 Å². The average Bonchev–Trinajstić information content (AvgIpc) is 0.969. The summed E-state index contributed by atoms with van der Waals surface area (Å²) in [5.41, 5.74) is 15.0. The summed E-state index contributed by atoms with van der Waals surface area (Å²) in [7, 11) is -1.30. The molecule has 8 heterocycles. The normalized spacial score (nSPS) is 10.6. The number of thiophene rings is 4. The molecule has 0 aliphatic rings. The fourth-order valence-electron chi connectivity index (χ4n) is 14.4. The molecule has 12 aromatic carbocycles. The van der Waals surface area contributed by atoms with Gasteiger partial charge in [0.15, 0.2) is 21.7 Å². The SMILES string of the molecule is CCOC(=O)CI.CCOC(=O)Cn1c2ccccc2c(=O)c2ccc(Cl)c(-c3cccs3)c21.Clc1c(Br)cccc1Br.Nc1ccccc1C(=O)O.O=C(O)Cn1c2ccccc2c(=O)c2ccc(Cl)c(-c3cccs3)c21.O=C(O)c1ccccc1Nc1cccc(Br)c1Cl.O=c1c2ccccc2[nH]c2c(-c3cccs3)c(Cl)ccc12.O=c1c2ccccc2[nH]c2c(Br)c(Cl)ccc12.OB(O)c1cccs1. The van der Waals surface area contributed by atoms with Crippen LogP contribution in [0.2, 0.25) is 30.1 Å². The first kappa shape index (κ1) is 109. The van der Waals surface area contributed by atoms with Gasteiger partial charge in [0.1, 0.15) is 13.1 Å². The first-order chi connectivity index (χ1) is 68.3. The lowest BCUT2D eigenvalue weighted by Crippen LogP contribution is -2.26. The zero-order chi connectivity index (χ0) is 102. The van der Waals surface area contributed by atoms with Crippen molar-refractivity contribution < 1.29 is 58.8 Å². The number of nitrogens with one attached hydrogen (secondary N) is 3. The summed E-state index contributed by atoms with van der Waals surface area (Å²) in [6, 6.07) is 82.5. The molecular weight excluding hydrogens is 2390 g/mol. The van der Waals surface area contributed by atoms with E-state index in [0.29, 0.717) is 135 Å². The van der Waals surface area contributed by atoms with E-state index in [1.807, 2.05) is 177 Å². The van der Waals surface area contributed by atoms with Crippen LogP contribution in [0.1, 0.15) is 34.6 Å². The number of carboxylic acid groups (broad SMARTS) is 3. The Morgan fingerprint density at radius 1 is 0.401 bits per heavy atom. The number of nitrogens with two attached hydrogens (primary N) is 1. The first-order valence-corrected chi connectivity index (χ1v) is 52.7. The minimum atomic E-state index is -1.30. The van der Waals surface area contributed by atoms with Crippen LogP contribution in [0.4, 0.5) is 17.1 Å². The number of benzene rings is 12. The molecule has 22 nitrogen and oxygen atoms in total. The molecule has 20 aromatic rings. The first-order valence-electron chi connectivity index (χ1n) is 42.2. The number of nitrogens with zero attached hydrogens (tertiary/aromatic N) is 2. The van der Waals surface area contributed by atoms with Crippen LogP contribution in [-0.2, 0) is 36.9 Å². The van der Waals surface area contributed by atoms with Crippen LogP contribution in [0, 0.1) is 0 Å². The smallest absolute Gasteiger partial charge is 0.480 e. The van der Waals surface area contributed by atoms with E-state index in [1.54, 1.807) is 169 Å². The van der Waals surface area contributed by atoms with Gasteiger partial charge in [-0.1, -0.05) is 207 Å². The number of rotatable bonds is 15. The number of ether oxygens (including phenoxy) is 2. The molecule has 38 heteroatoms. The second-order valence-electron chi connectivity index (χ2n) is 29.6. The Morgan fingerprint density at radius 3 is 1.23 bits per heavy atom. The topological polar surface area (TPSA) is 353 Å². The molecule has 0 aliphatic carbocycles. The summed E-state index contributed by atoms with van der Waals surface area (Å²) in [4.78, 5) is 116. The van der Waals surface area contributed by atoms with Crippen molar-refractivity contribution in [2.45, 2.75) is 26.9 Å². The summed E-state index contributed by atoms with van der Waals surface area (Å²) < 4.78 is 17.6. The molecule has 0 unspecified atom stereocenters. The Bertz CT molecular complexity index is 8260. The molecule has 0 radical (unpaired) electrons. The van der Waals surface area contributed by atoms with Crippen LogP contribution in [0.3, 0.4) is 0 Å². The minimum absolute atomic E-state index is 0.00382. The number of H-pyrrole nitrogens is 2. The Labute approximate surface area is 903 Å². The summed E-state index contributed by atoms with van der Waals surface area (Å²) in [6.07, 6.45) is 0. The number of esters is 2. The fourth-order valence-corrected chi connectivity index (χ4v) is 20.8. The number of alkyl halides is 1. The van der Waals surface area contributed by atoms with Crippen LogP contribution >= 0.6 is 201 Å². The van der Waals surface area contributed by atoms with E-state index in [-0.39, 0.29) is 57.9 Å². The van der Waals surface area contributed by atoms with Crippen molar-refractivity contribution in [3.63, 3.8) is 0 Å². The molecule has 722 valence electrons. The molecule has 10 N–H and O–H groups in total. The quantitative estimate of drug-likeness (QED) is 0.00875. The number of para-hydroxylation sites is 6. The van der Waals surface area contributed by atoms with Crippen LogP contribution in [-0.4, -0.2) is 99.1 Å². The molecule has 0 bridgehead atoms. The van der Waals surface area contributed by atoms with Crippen LogP contribution < -0.4 is 37.5 Å². The van der Waals surface area contributed by atoms with Gasteiger partial charge < -0.3 is 65.0 Å². The van der Waals surface area contributed by atoms with E-state index in [4.69, 9.17) is 100 Å². The number of carbonyl (C=O) groups excluding carboxylic acids is 2. The molecule has 0 saturated heterocycles. The second-order valence-corrected chi connectivity index (χ2v) is 39.9. The summed E-state index contributed by atoms with van der Waals surface area (Å²) in [6.45, 7) is 4.10. The van der Waals surface area contributed by atoms with Gasteiger partial charge in [-0.3, -0.25) is 33.6 Å². The number of nitrogen functional groups attached to an aromatic ring is 1. The van der Waals surface area contributed by atoms with E-state index in [2.05, 4.69) is 83.7 Å². The number of carbonyl (C=O) groups is 5. The van der Waals surface area contributed by atoms with E-state index < -0.39 is 25.0 Å². The van der Waals surface area contributed by atoms with Gasteiger partial charge in [0.05, 0.1) is 108 Å². The third-order valence-corrected chi connectivity index (χ3v) is 30.6. The molecular formula is C104H76BBr4Cl6IN6O16S4. The van der Waals surface area contributed by atoms with Crippen molar-refractivity contribution in [3.8, 4) is 31.3 Å². The molecule has 0 aliphatic heterocycles. The lowest BCUT2D eigenvalue weighted by atomic mass is 9.90. The molecule has 0 spiro atoms. The maximum atomic E-state index is 13.1. The number of hydrogen-bond acceptors (Lipinski definition) is 19. The molecule has 0 amide bonds. The number of pyridine rings is 4. The van der Waals surface area contributed by atoms with Gasteiger partial charge in [-0.15, -0.1) is 34.0 Å². The largest absolute Gasteiger partial charge is 0.499 e. The van der Waals surface area contributed by atoms with Crippen molar-refractivity contribution in [1.82, 2.24) is 19.1 Å². The van der Waals surface area contributed by atoms with Crippen molar-refractivity contribution in [3.05, 3.63) is 401 Å². The number of aromatic carboxylic acids is 2. The van der Waals surface area contributed by atoms with E-state index in [0.717, 1.165) is 70.7 Å². The standard InChI is InChI=1S/C21H16ClNO3S.C19H12ClNO3S.C17H10ClNOS.C13H9BrClNO2.C13H7BrClNO.C7H7NO2.C6H3Br2Cl.C4H5BO2S.C4H7IO2/c1-2-26-18(24)12-23-16-7-4-3-6-13(16)21(25)14-9-10-15(22)19(20(14)23)17-8-5-11-27-17;20-13-8-7-12-18(17(13)15-6-3-9-25-15)21(10-16(22)23)14-5-2-1-4-11(14)19(12)24;18-12-8-7-11-16(15(12)14-6-3-9-21-14)19-13-5-2-1-4-10(13)17(11)20;14-9-5-3-7-11(12(9)15)16-10-6-2-1-4-8(10)13(17)18;14-11-9(15)6-5-8-12(11)16-10-4-2-1-3-7(10)13(8)17;8-6-4-2-1-3-5(6)7(9)10;7-4-2-1-3-5(8)6(4)9;6-5(7)4-2-1-3-8-4;1-2-7-4(6)3-5/h3-11H,2,12H2,1H3;1-9H,10H2,(H,22,23);1-9H,(H,19,20);1-7,16H,(H,17,18);1-6H,(H,16,17);1-4H,8H2,(H,9,10);1-3H;1-3,6-7H;2-3H2,1H3. The molecule has 8 aromatic heterocycles. The van der Waals surface area contributed by atoms with Gasteiger partial charge in [-0.25, -0.2) is 9.59 Å². The Balaban J connectivity index is 0.000000147. The molecule has 20 rings (SSSR count). The third-order valence-electron chi connectivity index (χ3n) is 20.6. The van der Waals surface area contributed by atoms with Crippen molar-refractivity contribution >= 4 is 347 Å². The van der Waals surface area contributed by atoms with Gasteiger partial charge in [-0.05, 0) is 263 Å². The summed E-state index contributed by atoms with van der Waals surface area (Å²) in [5.74, 6) is -3.44. The van der Waals surface area contributed by atoms with Crippen LogP contribution in [0.15, 0.2) is 338 Å². The number of aromatic amines is 2. The highest BCUT2D eigenvalue weighted by molar-refractivity contribution is 14.1. The van der Waals surface area contributed by atoms with Crippen molar-refractivity contribution in [2.75, 3.05) is 28.7 Å². The zero-order valence-electron chi connectivity index (χ0n) is 74.0. The Hall–Kier alpha value is -11.4. The maximum absolute atomic E-state index is 13.1. The highest BCUT2D eigenvalue weighted by Crippen LogP contribution is 2.43. The number of anilines is 3. The highest BCUT2D eigenvalue weighted by Gasteiger charge is 2.24. The summed E-state index contributed by atoms with van der Waals surface area (Å²) in [5, 5.41) is 62.9. The molecule has 0 atom stereocenters. The number of hydrogen-bond donors (Lipinski definition) is 9. The predicted molar refractivity (Wildman–Crippen MR) is 608 cm³/mol. The number of fused-ring (bicyclic) bond motifs is 8. The number of halogens is 11. The van der Waals surface area contributed by atoms with Gasteiger partial charge in [0.25, 0.3) is 0 Å². The average molecular weight is 2460 g/mol. The Morgan fingerprint density at radius 2 is 0.789 bits per heavy atom. The highest BCUT2D eigenvalue weighted by atomic mass is 127. The van der Waals surface area contributed by atoms with Gasteiger partial charge >= 0.3 is 37.0 Å². The molecule has 0 saturated carbocycles. The minimum Gasteiger partial charge on any atom is -0.480 e. The lowest BCUT2D eigenvalue weighted by molar-refractivity contribution is -0.143. The van der Waals surface area contributed by atoms with E-state index in [9.17, 15) is 48.3 Å². The number of aliphatic carboxylic acids is 1. The number of aromatic nitrogens is 4. The van der Waals surface area contributed by atoms with Crippen molar-refractivity contribution in [2.24, 2.45) is 0 Å². The van der Waals surface area contributed by atoms with Crippen LogP contribution in [0.25, 0.3) is 119 Å². The van der Waals surface area contributed by atoms with Gasteiger partial charge in [0.2, 0.25) is 0 Å². The fraction of sp³-hybridized carbons (Fsp3) is 0.0673. The molecule has 142 heavy (non-hydrogen) atoms. The summed E-state index contributed by atoms with van der Waals surface area (Å²) >= 11 is 58.5. The van der Waals surface area contributed by atoms with E-state index in [1.165, 1.54) is 46.1 Å². The number of carboxylic acids is 3. The van der Waals surface area contributed by atoms with E-state index >= 15 is 0 Å². The monoisotopic (exact) mass is 2460 g/mol. The van der Waals surface area contributed by atoms with Gasteiger partial charge in [0, 0.05) is 109 Å². The Kier molecular flexibility index (Phi) is 40.3. The third kappa shape index (κ3) is 27.0.